The van der Waals surface area contributed by atoms with Gasteiger partial charge in [0.05, 0.1) is 10.6 Å². The Labute approximate surface area is 132 Å². The average molecular weight is 313 g/mol. The molecule has 2 aromatic rings. The van der Waals surface area contributed by atoms with E-state index in [-0.39, 0.29) is 18.8 Å². The van der Waals surface area contributed by atoms with Gasteiger partial charge < -0.3 is 10.1 Å². The summed E-state index contributed by atoms with van der Waals surface area (Å²) < 4.78 is 5.04. The van der Waals surface area contributed by atoms with Gasteiger partial charge in [-0.15, -0.1) is 0 Å². The first-order valence-electron chi connectivity index (χ1n) is 6.86. The minimum atomic E-state index is -0.537. The molecule has 0 aliphatic rings. The molecule has 0 radical (unpaired) electrons. The van der Waals surface area contributed by atoms with E-state index < -0.39 is 11.0 Å². The first-order chi connectivity index (χ1) is 11.1. The van der Waals surface area contributed by atoms with E-state index in [0.29, 0.717) is 5.69 Å². The summed E-state index contributed by atoms with van der Waals surface area (Å²) in [5, 5.41) is 13.2. The van der Waals surface area contributed by atoms with Crippen molar-refractivity contribution >= 4 is 17.9 Å². The molecule has 0 aliphatic heterocycles. The molecule has 118 valence electrons. The molecule has 2 rings (SSSR count). The smallest absolute Gasteiger partial charge is 0.407 e. The normalized spacial score (nSPS) is 10.4. The van der Waals surface area contributed by atoms with Crippen LogP contribution >= 0.6 is 0 Å². The third-order valence-electron chi connectivity index (χ3n) is 2.84. The summed E-state index contributed by atoms with van der Waals surface area (Å²) in [7, 11) is 0. The van der Waals surface area contributed by atoms with Crippen molar-refractivity contribution in [1.29, 1.82) is 0 Å². The van der Waals surface area contributed by atoms with E-state index in [0.717, 1.165) is 5.56 Å². The first-order valence-corrected chi connectivity index (χ1v) is 6.86. The lowest BCUT2D eigenvalue weighted by molar-refractivity contribution is -0.384. The highest BCUT2D eigenvalue weighted by Gasteiger charge is 2.04. The molecule has 1 N–H and O–H groups in total. The van der Waals surface area contributed by atoms with Crippen molar-refractivity contribution in [2.75, 3.05) is 6.54 Å². The summed E-state index contributed by atoms with van der Waals surface area (Å²) in [6.45, 7) is 0.431. The van der Waals surface area contributed by atoms with Crippen LogP contribution in [0.4, 0.5) is 10.5 Å². The molecule has 7 nitrogen and oxygen atoms in total. The molecule has 1 amide bonds. The number of amides is 1. The third kappa shape index (κ3) is 5.58. The van der Waals surface area contributed by atoms with Gasteiger partial charge in [0.15, 0.2) is 0 Å². The van der Waals surface area contributed by atoms with E-state index in [2.05, 4.69) is 10.3 Å². The van der Waals surface area contributed by atoms with E-state index >= 15 is 0 Å². The Morgan fingerprint density at radius 3 is 2.83 bits per heavy atom. The lowest BCUT2D eigenvalue weighted by Gasteiger charge is -2.05. The maximum Gasteiger partial charge on any atom is 0.407 e. The Kier molecular flexibility index (Phi) is 5.81. The zero-order chi connectivity index (χ0) is 16.5. The number of ether oxygens (including phenoxy) is 1. The van der Waals surface area contributed by atoms with Gasteiger partial charge in [-0.2, -0.15) is 0 Å². The highest BCUT2D eigenvalue weighted by atomic mass is 16.6. The van der Waals surface area contributed by atoms with Crippen LogP contribution in [0.15, 0.2) is 54.7 Å². The van der Waals surface area contributed by atoms with Crippen molar-refractivity contribution in [3.8, 4) is 0 Å². The molecular formula is C16H15N3O4. The molecule has 0 spiro atoms. The zero-order valence-electron chi connectivity index (χ0n) is 12.2. The fourth-order valence-corrected chi connectivity index (χ4v) is 1.74. The minimum absolute atomic E-state index is 0.0325. The highest BCUT2D eigenvalue weighted by Crippen LogP contribution is 2.11. The van der Waals surface area contributed by atoms with Crippen LogP contribution in [-0.2, 0) is 11.3 Å². The van der Waals surface area contributed by atoms with Crippen LogP contribution in [0.2, 0.25) is 0 Å². The van der Waals surface area contributed by atoms with Gasteiger partial charge in [0.2, 0.25) is 0 Å². The number of nitrogens with one attached hydrogen (secondary N) is 1. The molecule has 0 unspecified atom stereocenters. The number of benzene rings is 1. The maximum atomic E-state index is 11.5. The SMILES string of the molecule is O=C(NCC=Cc1cc([N+](=O)[O-])ccn1)OCc1ccccc1. The first kappa shape index (κ1) is 16.2. The number of carbonyl (C=O) groups excluding carboxylic acids is 1. The van der Waals surface area contributed by atoms with Gasteiger partial charge >= 0.3 is 6.09 Å². The molecule has 0 fully saturated rings. The van der Waals surface area contributed by atoms with Crippen LogP contribution < -0.4 is 5.32 Å². The number of nitro groups is 1. The van der Waals surface area contributed by atoms with E-state index in [4.69, 9.17) is 4.74 Å². The number of alkyl carbamates (subject to hydrolysis) is 1. The second-order valence-electron chi connectivity index (χ2n) is 4.54. The quantitative estimate of drug-likeness (QED) is 0.653. The summed E-state index contributed by atoms with van der Waals surface area (Å²) in [5.74, 6) is 0. The van der Waals surface area contributed by atoms with Crippen molar-refractivity contribution in [2.24, 2.45) is 0 Å². The molecule has 1 heterocycles. The number of rotatable bonds is 6. The molecule has 7 heteroatoms. The zero-order valence-corrected chi connectivity index (χ0v) is 12.2. The van der Waals surface area contributed by atoms with Gasteiger partial charge in [-0.3, -0.25) is 15.1 Å². The van der Waals surface area contributed by atoms with Crippen molar-refractivity contribution in [3.05, 3.63) is 76.1 Å². The average Bonchev–Trinajstić information content (AvgIpc) is 2.58. The van der Waals surface area contributed by atoms with E-state index in [9.17, 15) is 14.9 Å². The third-order valence-corrected chi connectivity index (χ3v) is 2.84. The molecule has 1 aromatic carbocycles. The van der Waals surface area contributed by atoms with Crippen LogP contribution in [0.1, 0.15) is 11.3 Å². The number of carbonyl (C=O) groups is 1. The van der Waals surface area contributed by atoms with E-state index in [1.165, 1.54) is 18.3 Å². The molecule has 23 heavy (non-hydrogen) atoms. The van der Waals surface area contributed by atoms with Gasteiger partial charge in [-0.05, 0) is 11.6 Å². The molecule has 1 aromatic heterocycles. The fourth-order valence-electron chi connectivity index (χ4n) is 1.74. The Hall–Kier alpha value is -3.22. The summed E-state index contributed by atoms with van der Waals surface area (Å²) in [6.07, 6.45) is 4.05. The predicted octanol–water partition coefficient (Wildman–Crippen LogP) is 2.93. The van der Waals surface area contributed by atoms with Crippen molar-refractivity contribution < 1.29 is 14.5 Å². The Morgan fingerprint density at radius 2 is 2.09 bits per heavy atom. The second-order valence-corrected chi connectivity index (χ2v) is 4.54. The molecule has 0 saturated carbocycles. The van der Waals surface area contributed by atoms with Crippen LogP contribution in [-0.4, -0.2) is 22.5 Å². The van der Waals surface area contributed by atoms with Crippen LogP contribution in [0.5, 0.6) is 0 Å². The van der Waals surface area contributed by atoms with Gasteiger partial charge in [0, 0.05) is 24.9 Å². The molecular weight excluding hydrogens is 298 g/mol. The number of nitrogens with zero attached hydrogens (tertiary/aromatic N) is 2. The minimum Gasteiger partial charge on any atom is -0.445 e. The number of aromatic nitrogens is 1. The lowest BCUT2D eigenvalue weighted by atomic mass is 10.2. The Morgan fingerprint density at radius 1 is 1.30 bits per heavy atom. The van der Waals surface area contributed by atoms with Crippen molar-refractivity contribution in [1.82, 2.24) is 10.3 Å². The molecule has 0 saturated heterocycles. The molecule has 0 atom stereocenters. The van der Waals surface area contributed by atoms with E-state index in [1.54, 1.807) is 12.2 Å². The summed E-state index contributed by atoms with van der Waals surface area (Å²) in [5.41, 5.74) is 1.31. The van der Waals surface area contributed by atoms with Crippen molar-refractivity contribution in [2.45, 2.75) is 6.61 Å². The summed E-state index contributed by atoms with van der Waals surface area (Å²) in [4.78, 5) is 25.6. The van der Waals surface area contributed by atoms with Gasteiger partial charge in [-0.1, -0.05) is 36.4 Å². The number of pyridine rings is 1. The largest absolute Gasteiger partial charge is 0.445 e. The predicted molar refractivity (Wildman–Crippen MR) is 84.6 cm³/mol. The number of hydrogen-bond acceptors (Lipinski definition) is 5. The topological polar surface area (TPSA) is 94.4 Å². The summed E-state index contributed by atoms with van der Waals surface area (Å²) >= 11 is 0. The number of hydrogen-bond donors (Lipinski definition) is 1. The van der Waals surface area contributed by atoms with E-state index in [1.807, 2.05) is 30.3 Å². The van der Waals surface area contributed by atoms with Gasteiger partial charge in [-0.25, -0.2) is 4.79 Å². The van der Waals surface area contributed by atoms with Crippen LogP contribution in [0, 0.1) is 10.1 Å². The van der Waals surface area contributed by atoms with Crippen LogP contribution in [0.3, 0.4) is 0 Å². The van der Waals surface area contributed by atoms with Crippen molar-refractivity contribution in [3.63, 3.8) is 0 Å². The standard InChI is InChI=1S/C16H15N3O4/c20-16(23-12-13-5-2-1-3-6-13)18-9-4-7-14-11-15(19(21)22)8-10-17-14/h1-8,10-11H,9,12H2,(H,18,20). The van der Waals surface area contributed by atoms with Gasteiger partial charge in [0.25, 0.3) is 5.69 Å². The van der Waals surface area contributed by atoms with Gasteiger partial charge in [0.1, 0.15) is 6.61 Å². The van der Waals surface area contributed by atoms with Crippen LogP contribution in [0.25, 0.3) is 6.08 Å². The Balaban J connectivity index is 1.74. The lowest BCUT2D eigenvalue weighted by Crippen LogP contribution is -2.24. The maximum absolute atomic E-state index is 11.5. The fraction of sp³-hybridized carbons (Fsp3) is 0.125. The summed E-state index contributed by atoms with van der Waals surface area (Å²) in [6, 6.07) is 12.0. The monoisotopic (exact) mass is 313 g/mol. The highest BCUT2D eigenvalue weighted by molar-refractivity contribution is 5.67. The molecule has 0 bridgehead atoms. The molecule has 0 aliphatic carbocycles. The Bertz CT molecular complexity index is 701. The second kappa shape index (κ2) is 8.28.